The van der Waals surface area contributed by atoms with Crippen LogP contribution in [0.1, 0.15) is 31.4 Å². The van der Waals surface area contributed by atoms with Crippen LogP contribution in [0.3, 0.4) is 0 Å². The largest absolute Gasteiger partial charge is 0.379 e. The fraction of sp³-hybridized carbons (Fsp3) is 0.529. The number of amides is 1. The maximum atomic E-state index is 12.0. The van der Waals surface area contributed by atoms with E-state index in [4.69, 9.17) is 4.74 Å². The molecule has 1 amide bonds. The maximum Gasteiger partial charge on any atom is 0.230 e. The molecule has 0 atom stereocenters. The van der Waals surface area contributed by atoms with Crippen molar-refractivity contribution in [3.8, 4) is 5.69 Å². The van der Waals surface area contributed by atoms with Gasteiger partial charge < -0.3 is 10.1 Å². The Bertz CT molecular complexity index is 682. The first-order chi connectivity index (χ1) is 12.0. The monoisotopic (exact) mass is 363 g/mol. The summed E-state index contributed by atoms with van der Waals surface area (Å²) in [5, 5.41) is 15.4. The lowest BCUT2D eigenvalue weighted by molar-refractivity contribution is -0.118. The summed E-state index contributed by atoms with van der Waals surface area (Å²) in [6, 6.07) is 6.04. The number of ether oxygens (including phenoxy) is 1. The minimum absolute atomic E-state index is 0.0365. The number of aromatic nitrogens is 4. The minimum atomic E-state index is -0.0365. The van der Waals surface area contributed by atoms with Crippen LogP contribution >= 0.6 is 11.8 Å². The van der Waals surface area contributed by atoms with Gasteiger partial charge in [0.15, 0.2) is 0 Å². The zero-order valence-electron chi connectivity index (χ0n) is 15.2. The number of nitrogens with one attached hydrogen (secondary N) is 1. The average Bonchev–Trinajstić information content (AvgIpc) is 3.00. The summed E-state index contributed by atoms with van der Waals surface area (Å²) < 4.78 is 7.14. The smallest absolute Gasteiger partial charge is 0.230 e. The Hall–Kier alpha value is -1.93. The number of carbonyl (C=O) groups excluding carboxylic acids is 1. The summed E-state index contributed by atoms with van der Waals surface area (Å²) in [6.07, 6.45) is 1.02. The van der Waals surface area contributed by atoms with Crippen molar-refractivity contribution in [2.75, 3.05) is 18.9 Å². The molecule has 7 nitrogen and oxygen atoms in total. The topological polar surface area (TPSA) is 81.9 Å². The van der Waals surface area contributed by atoms with Crippen LogP contribution in [0, 0.1) is 13.8 Å². The number of nitrogens with zero attached hydrogens (tertiary/aromatic N) is 4. The van der Waals surface area contributed by atoms with Gasteiger partial charge in [0.25, 0.3) is 0 Å². The molecule has 0 bridgehead atoms. The van der Waals surface area contributed by atoms with Crippen LogP contribution in [-0.4, -0.2) is 51.1 Å². The number of benzene rings is 1. The number of aryl methyl sites for hydroxylation is 2. The molecule has 0 saturated heterocycles. The predicted molar refractivity (Wildman–Crippen MR) is 98.1 cm³/mol. The van der Waals surface area contributed by atoms with E-state index in [1.807, 2.05) is 45.9 Å². The van der Waals surface area contributed by atoms with E-state index in [0.717, 1.165) is 23.2 Å². The molecule has 0 aliphatic carbocycles. The molecule has 25 heavy (non-hydrogen) atoms. The zero-order valence-corrected chi connectivity index (χ0v) is 16.0. The highest BCUT2D eigenvalue weighted by atomic mass is 32.2. The van der Waals surface area contributed by atoms with E-state index in [-0.39, 0.29) is 17.8 Å². The number of hydrogen-bond acceptors (Lipinski definition) is 6. The number of hydrogen-bond donors (Lipinski definition) is 1. The zero-order chi connectivity index (χ0) is 18.2. The standard InChI is InChI=1S/C17H25N5O2S/c1-12(2)24-10-6-9-18-15(23)11-25-17-19-20-21-22(17)16-13(3)7-5-8-14(16)4/h5,7-8,12H,6,9-11H2,1-4H3,(H,18,23). The van der Waals surface area contributed by atoms with Gasteiger partial charge in [-0.05, 0) is 55.7 Å². The predicted octanol–water partition coefficient (Wildman–Crippen LogP) is 2.30. The molecule has 136 valence electrons. The summed E-state index contributed by atoms with van der Waals surface area (Å²) in [4.78, 5) is 12.0. The van der Waals surface area contributed by atoms with E-state index >= 15 is 0 Å². The third-order valence-corrected chi connectivity index (χ3v) is 4.44. The number of carbonyl (C=O) groups is 1. The van der Waals surface area contributed by atoms with Gasteiger partial charge in [-0.1, -0.05) is 30.0 Å². The van der Waals surface area contributed by atoms with Gasteiger partial charge in [0.1, 0.15) is 0 Å². The number of thioether (sulfide) groups is 1. The molecule has 1 heterocycles. The molecule has 0 spiro atoms. The Kier molecular flexibility index (Phi) is 7.39. The van der Waals surface area contributed by atoms with E-state index in [1.54, 1.807) is 4.68 Å². The normalized spacial score (nSPS) is 11.1. The second kappa shape index (κ2) is 9.53. The van der Waals surface area contributed by atoms with Gasteiger partial charge in [-0.2, -0.15) is 4.68 Å². The van der Waals surface area contributed by atoms with Gasteiger partial charge >= 0.3 is 0 Å². The fourth-order valence-electron chi connectivity index (χ4n) is 2.35. The van der Waals surface area contributed by atoms with Crippen molar-refractivity contribution >= 4 is 17.7 Å². The summed E-state index contributed by atoms with van der Waals surface area (Å²) in [7, 11) is 0. The molecule has 0 radical (unpaired) electrons. The molecule has 0 aliphatic rings. The first-order valence-electron chi connectivity index (χ1n) is 8.35. The second-order valence-electron chi connectivity index (χ2n) is 6.03. The van der Waals surface area contributed by atoms with Crippen LogP contribution in [0.2, 0.25) is 0 Å². The molecule has 8 heteroatoms. The van der Waals surface area contributed by atoms with Gasteiger partial charge in [-0.3, -0.25) is 4.79 Å². The molecule has 0 unspecified atom stereocenters. The molecule has 1 aromatic heterocycles. The summed E-state index contributed by atoms with van der Waals surface area (Å²) in [6.45, 7) is 9.28. The van der Waals surface area contributed by atoms with E-state index in [2.05, 4.69) is 20.8 Å². The molecular weight excluding hydrogens is 338 g/mol. The average molecular weight is 363 g/mol. The number of tetrazole rings is 1. The van der Waals surface area contributed by atoms with Crippen LogP contribution in [0.15, 0.2) is 23.4 Å². The van der Waals surface area contributed by atoms with Gasteiger partial charge in [0, 0.05) is 13.2 Å². The lowest BCUT2D eigenvalue weighted by Crippen LogP contribution is -2.27. The van der Waals surface area contributed by atoms with E-state index in [9.17, 15) is 4.79 Å². The van der Waals surface area contributed by atoms with Crippen LogP contribution in [0.5, 0.6) is 0 Å². The van der Waals surface area contributed by atoms with Crippen molar-refractivity contribution in [2.45, 2.75) is 45.4 Å². The third kappa shape index (κ3) is 5.82. The van der Waals surface area contributed by atoms with Crippen molar-refractivity contribution in [1.82, 2.24) is 25.5 Å². The quantitative estimate of drug-likeness (QED) is 0.544. The van der Waals surface area contributed by atoms with Crippen molar-refractivity contribution in [3.05, 3.63) is 29.3 Å². The van der Waals surface area contributed by atoms with Gasteiger partial charge in [0.2, 0.25) is 11.1 Å². The molecule has 0 saturated carbocycles. The lowest BCUT2D eigenvalue weighted by Gasteiger charge is -2.10. The van der Waals surface area contributed by atoms with Crippen molar-refractivity contribution in [3.63, 3.8) is 0 Å². The molecule has 2 aromatic rings. The van der Waals surface area contributed by atoms with Crippen LogP contribution in [0.4, 0.5) is 0 Å². The Morgan fingerprint density at radius 3 is 2.72 bits per heavy atom. The van der Waals surface area contributed by atoms with Crippen LogP contribution in [0.25, 0.3) is 5.69 Å². The highest BCUT2D eigenvalue weighted by Crippen LogP contribution is 2.23. The summed E-state index contributed by atoms with van der Waals surface area (Å²) in [5.74, 6) is 0.238. The van der Waals surface area contributed by atoms with Gasteiger partial charge in [-0.15, -0.1) is 5.10 Å². The van der Waals surface area contributed by atoms with Crippen molar-refractivity contribution in [2.24, 2.45) is 0 Å². The van der Waals surface area contributed by atoms with Crippen LogP contribution < -0.4 is 5.32 Å². The first-order valence-corrected chi connectivity index (χ1v) is 9.33. The second-order valence-corrected chi connectivity index (χ2v) is 6.97. The van der Waals surface area contributed by atoms with Crippen molar-refractivity contribution in [1.29, 1.82) is 0 Å². The number of para-hydroxylation sites is 1. The molecular formula is C17H25N5O2S. The Morgan fingerprint density at radius 2 is 2.04 bits per heavy atom. The Balaban J connectivity index is 1.86. The fourth-order valence-corrected chi connectivity index (χ4v) is 3.06. The van der Waals surface area contributed by atoms with Gasteiger partial charge in [-0.25, -0.2) is 0 Å². The third-order valence-electron chi connectivity index (χ3n) is 3.52. The SMILES string of the molecule is Cc1cccc(C)c1-n1nnnc1SCC(=O)NCCCOC(C)C. The maximum absolute atomic E-state index is 12.0. The molecule has 2 rings (SSSR count). The van der Waals surface area contributed by atoms with Gasteiger partial charge in [0.05, 0.1) is 17.5 Å². The molecule has 0 aliphatic heterocycles. The Labute approximate surface area is 152 Å². The lowest BCUT2D eigenvalue weighted by atomic mass is 10.1. The van der Waals surface area contributed by atoms with E-state index in [1.165, 1.54) is 11.8 Å². The number of rotatable bonds is 9. The highest BCUT2D eigenvalue weighted by molar-refractivity contribution is 7.99. The van der Waals surface area contributed by atoms with Crippen molar-refractivity contribution < 1.29 is 9.53 Å². The molecule has 1 aromatic carbocycles. The first kappa shape index (κ1) is 19.4. The van der Waals surface area contributed by atoms with Crippen LogP contribution in [-0.2, 0) is 9.53 Å². The molecule has 0 fully saturated rings. The summed E-state index contributed by atoms with van der Waals surface area (Å²) in [5.41, 5.74) is 3.13. The highest BCUT2D eigenvalue weighted by Gasteiger charge is 2.14. The summed E-state index contributed by atoms with van der Waals surface area (Å²) >= 11 is 1.33. The molecule has 1 N–H and O–H groups in total. The minimum Gasteiger partial charge on any atom is -0.379 e. The van der Waals surface area contributed by atoms with E-state index in [0.29, 0.717) is 18.3 Å². The van der Waals surface area contributed by atoms with E-state index < -0.39 is 0 Å². The Morgan fingerprint density at radius 1 is 1.32 bits per heavy atom.